The summed E-state index contributed by atoms with van der Waals surface area (Å²) < 4.78 is 5.90. The molecule has 1 saturated heterocycles. The molecule has 2 aromatic carbocycles. The number of amides is 1. The summed E-state index contributed by atoms with van der Waals surface area (Å²) in [6, 6.07) is 19.2. The first-order chi connectivity index (χ1) is 16.6. The first-order valence-corrected chi connectivity index (χ1v) is 11.3. The maximum atomic E-state index is 13.3. The number of aryl methyl sites for hydroxylation is 1. The zero-order chi connectivity index (χ0) is 23.5. The number of aromatic nitrogens is 3. The Balaban J connectivity index is 1.33. The molecular weight excluding hydrogens is 426 g/mol. The van der Waals surface area contributed by atoms with Gasteiger partial charge in [0.2, 0.25) is 11.8 Å². The summed E-state index contributed by atoms with van der Waals surface area (Å²) in [5.41, 5.74) is 4.89. The Bertz CT molecular complexity index is 1370. The molecule has 0 unspecified atom stereocenters. The Labute approximate surface area is 197 Å². The number of hydrogen-bond acceptors (Lipinski definition) is 6. The second-order valence-electron chi connectivity index (χ2n) is 8.44. The predicted octanol–water partition coefficient (Wildman–Crippen LogP) is 5.00. The van der Waals surface area contributed by atoms with Crippen LogP contribution in [0.5, 0.6) is 0 Å². The van der Waals surface area contributed by atoms with Gasteiger partial charge in [0, 0.05) is 42.2 Å². The van der Waals surface area contributed by atoms with Crippen LogP contribution in [0.1, 0.15) is 45.8 Å². The van der Waals surface area contributed by atoms with Crippen molar-refractivity contribution >= 4 is 5.91 Å². The van der Waals surface area contributed by atoms with Gasteiger partial charge in [-0.1, -0.05) is 24.3 Å². The fourth-order valence-corrected chi connectivity index (χ4v) is 4.46. The Morgan fingerprint density at radius 1 is 1.03 bits per heavy atom. The molecule has 0 bridgehead atoms. The average molecular weight is 450 g/mol. The minimum absolute atomic E-state index is 0.0119. The van der Waals surface area contributed by atoms with E-state index in [1.54, 1.807) is 12.4 Å². The number of likely N-dealkylation sites (tertiary alicyclic amines) is 1. The van der Waals surface area contributed by atoms with E-state index < -0.39 is 0 Å². The smallest absolute Gasteiger partial charge is 0.253 e. The SMILES string of the molecule is Cc1ccc(C(=O)N2CCC(c3ccccc3C#N)CC2)cc1-c1nnc(-c2ccncc2)o1. The molecule has 7 nitrogen and oxygen atoms in total. The van der Waals surface area contributed by atoms with E-state index in [2.05, 4.69) is 21.3 Å². The van der Waals surface area contributed by atoms with E-state index >= 15 is 0 Å². The minimum Gasteiger partial charge on any atom is -0.416 e. The summed E-state index contributed by atoms with van der Waals surface area (Å²) in [5, 5.41) is 17.8. The molecular formula is C27H23N5O2. The van der Waals surface area contributed by atoms with Crippen molar-refractivity contribution in [1.29, 1.82) is 5.26 Å². The molecule has 0 aliphatic carbocycles. The highest BCUT2D eigenvalue weighted by atomic mass is 16.4. The number of hydrogen-bond donors (Lipinski definition) is 0. The summed E-state index contributed by atoms with van der Waals surface area (Å²) in [7, 11) is 0. The van der Waals surface area contributed by atoms with Crippen molar-refractivity contribution in [3.05, 3.63) is 89.2 Å². The lowest BCUT2D eigenvalue weighted by Crippen LogP contribution is -2.38. The summed E-state index contributed by atoms with van der Waals surface area (Å²) in [6.07, 6.45) is 5.02. The van der Waals surface area contributed by atoms with Gasteiger partial charge in [-0.2, -0.15) is 5.26 Å². The third-order valence-corrected chi connectivity index (χ3v) is 6.37. The average Bonchev–Trinajstić information content (AvgIpc) is 3.39. The summed E-state index contributed by atoms with van der Waals surface area (Å²) in [6.45, 7) is 3.26. The molecule has 5 rings (SSSR count). The molecule has 1 amide bonds. The summed E-state index contributed by atoms with van der Waals surface area (Å²) in [4.78, 5) is 19.2. The van der Waals surface area contributed by atoms with Gasteiger partial charge in [0.05, 0.1) is 11.6 Å². The van der Waals surface area contributed by atoms with E-state index in [0.29, 0.717) is 36.4 Å². The zero-order valence-electron chi connectivity index (χ0n) is 18.8. The van der Waals surface area contributed by atoms with E-state index in [0.717, 1.165) is 40.7 Å². The Hall–Kier alpha value is -4.31. The van der Waals surface area contributed by atoms with E-state index in [-0.39, 0.29) is 5.91 Å². The molecule has 1 aliphatic rings. The zero-order valence-corrected chi connectivity index (χ0v) is 18.8. The fourth-order valence-electron chi connectivity index (χ4n) is 4.46. The lowest BCUT2D eigenvalue weighted by molar-refractivity contribution is 0.0713. The number of nitrogens with zero attached hydrogens (tertiary/aromatic N) is 5. The maximum absolute atomic E-state index is 13.3. The van der Waals surface area contributed by atoms with Crippen LogP contribution >= 0.6 is 0 Å². The van der Waals surface area contributed by atoms with Crippen molar-refractivity contribution in [2.24, 2.45) is 0 Å². The second kappa shape index (κ2) is 9.28. The lowest BCUT2D eigenvalue weighted by Gasteiger charge is -2.32. The molecule has 0 N–H and O–H groups in total. The molecule has 2 aromatic heterocycles. The third-order valence-electron chi connectivity index (χ3n) is 6.37. The number of benzene rings is 2. The van der Waals surface area contributed by atoms with Gasteiger partial charge in [-0.15, -0.1) is 10.2 Å². The number of pyridine rings is 1. The van der Waals surface area contributed by atoms with Gasteiger partial charge >= 0.3 is 0 Å². The quantitative estimate of drug-likeness (QED) is 0.435. The molecule has 4 aromatic rings. The molecule has 7 heteroatoms. The van der Waals surface area contributed by atoms with E-state index in [1.165, 1.54) is 0 Å². The predicted molar refractivity (Wildman–Crippen MR) is 127 cm³/mol. The van der Waals surface area contributed by atoms with Crippen molar-refractivity contribution in [1.82, 2.24) is 20.1 Å². The standard InChI is InChI=1S/C27H23N5O2/c1-18-6-7-21(16-24(18)26-31-30-25(34-26)20-8-12-29-13-9-20)27(33)32-14-10-19(11-15-32)23-5-3-2-4-22(23)17-28/h2-9,12-13,16,19H,10-11,14-15H2,1H3. The van der Waals surface area contributed by atoms with Crippen LogP contribution in [0.2, 0.25) is 0 Å². The second-order valence-corrected chi connectivity index (χ2v) is 8.44. The van der Waals surface area contributed by atoms with Crippen LogP contribution in [-0.4, -0.2) is 39.1 Å². The molecule has 34 heavy (non-hydrogen) atoms. The molecule has 168 valence electrons. The normalized spacial score (nSPS) is 14.1. The molecule has 0 radical (unpaired) electrons. The van der Waals surface area contributed by atoms with Gasteiger partial charge < -0.3 is 9.32 Å². The van der Waals surface area contributed by atoms with Gasteiger partial charge in [-0.25, -0.2) is 0 Å². The third kappa shape index (κ3) is 4.18. The first kappa shape index (κ1) is 21.5. The van der Waals surface area contributed by atoms with Crippen molar-refractivity contribution in [2.75, 3.05) is 13.1 Å². The summed E-state index contributed by atoms with van der Waals surface area (Å²) >= 11 is 0. The first-order valence-electron chi connectivity index (χ1n) is 11.3. The summed E-state index contributed by atoms with van der Waals surface area (Å²) in [5.74, 6) is 1.07. The molecule has 0 spiro atoms. The molecule has 0 saturated carbocycles. The largest absolute Gasteiger partial charge is 0.416 e. The fraction of sp³-hybridized carbons (Fsp3) is 0.222. The Morgan fingerprint density at radius 3 is 2.53 bits per heavy atom. The highest BCUT2D eigenvalue weighted by molar-refractivity contribution is 5.95. The van der Waals surface area contributed by atoms with Crippen molar-refractivity contribution in [2.45, 2.75) is 25.7 Å². The number of rotatable bonds is 4. The van der Waals surface area contributed by atoms with E-state index in [9.17, 15) is 10.1 Å². The van der Waals surface area contributed by atoms with Gasteiger partial charge in [-0.3, -0.25) is 9.78 Å². The van der Waals surface area contributed by atoms with Crippen LogP contribution < -0.4 is 0 Å². The van der Waals surface area contributed by atoms with Gasteiger partial charge in [0.25, 0.3) is 5.91 Å². The van der Waals surface area contributed by atoms with Crippen LogP contribution in [0.3, 0.4) is 0 Å². The molecule has 0 atom stereocenters. The highest BCUT2D eigenvalue weighted by Crippen LogP contribution is 2.32. The van der Waals surface area contributed by atoms with Crippen LogP contribution in [0.25, 0.3) is 22.9 Å². The minimum atomic E-state index is -0.0119. The van der Waals surface area contributed by atoms with Crippen LogP contribution in [-0.2, 0) is 0 Å². The lowest BCUT2D eigenvalue weighted by atomic mass is 9.86. The van der Waals surface area contributed by atoms with Crippen molar-refractivity contribution < 1.29 is 9.21 Å². The highest BCUT2D eigenvalue weighted by Gasteiger charge is 2.26. The Kier molecular flexibility index (Phi) is 5.88. The van der Waals surface area contributed by atoms with Gasteiger partial charge in [0.15, 0.2) is 0 Å². The topological polar surface area (TPSA) is 95.9 Å². The van der Waals surface area contributed by atoms with Crippen molar-refractivity contribution in [3.8, 4) is 29.0 Å². The number of piperidine rings is 1. The number of nitriles is 1. The maximum Gasteiger partial charge on any atom is 0.253 e. The Morgan fingerprint density at radius 2 is 1.76 bits per heavy atom. The number of carbonyl (C=O) groups is 1. The van der Waals surface area contributed by atoms with E-state index in [4.69, 9.17) is 4.42 Å². The monoisotopic (exact) mass is 449 g/mol. The van der Waals surface area contributed by atoms with Crippen LogP contribution in [0.4, 0.5) is 0 Å². The van der Waals surface area contributed by atoms with Crippen LogP contribution in [0.15, 0.2) is 71.4 Å². The molecule has 3 heterocycles. The van der Waals surface area contributed by atoms with E-state index in [1.807, 2.05) is 66.4 Å². The van der Waals surface area contributed by atoms with Crippen molar-refractivity contribution in [3.63, 3.8) is 0 Å². The number of carbonyl (C=O) groups excluding carboxylic acids is 1. The molecule has 1 aliphatic heterocycles. The van der Waals surface area contributed by atoms with Crippen LogP contribution in [0, 0.1) is 18.3 Å². The molecule has 1 fully saturated rings. The van der Waals surface area contributed by atoms with Gasteiger partial charge in [0.1, 0.15) is 0 Å². The van der Waals surface area contributed by atoms with Gasteiger partial charge in [-0.05, 0) is 67.1 Å².